The van der Waals surface area contributed by atoms with Crippen molar-refractivity contribution in [2.75, 3.05) is 12.4 Å². The van der Waals surface area contributed by atoms with Crippen LogP contribution in [0.3, 0.4) is 0 Å². The third kappa shape index (κ3) is 1.45. The van der Waals surface area contributed by atoms with Crippen molar-refractivity contribution in [3.05, 3.63) is 65.9 Å². The Kier molecular flexibility index (Phi) is 2.43. The summed E-state index contributed by atoms with van der Waals surface area (Å²) in [6.45, 7) is 0. The third-order valence-corrected chi connectivity index (χ3v) is 4.15. The third-order valence-electron chi connectivity index (χ3n) is 4.15. The zero-order valence-electron chi connectivity index (χ0n) is 11.5. The molecule has 0 radical (unpaired) electrons. The van der Waals surface area contributed by atoms with Gasteiger partial charge in [0.2, 0.25) is 5.60 Å². The molecular weight excluding hydrogens is 264 g/mol. The Balaban J connectivity index is 2.06. The van der Waals surface area contributed by atoms with Crippen molar-refractivity contribution in [3.8, 4) is 0 Å². The normalized spacial score (nSPS) is 20.5. The summed E-state index contributed by atoms with van der Waals surface area (Å²) in [7, 11) is 1.57. The Bertz CT molecular complexity index is 853. The van der Waals surface area contributed by atoms with Gasteiger partial charge in [0.05, 0.1) is 0 Å². The largest absolute Gasteiger partial charge is 0.361 e. The topological polar surface area (TPSA) is 54.1 Å². The van der Waals surface area contributed by atoms with Gasteiger partial charge >= 0.3 is 0 Å². The van der Waals surface area contributed by atoms with Crippen LogP contribution in [0.4, 0.5) is 5.69 Å². The first kappa shape index (κ1) is 12.2. The monoisotopic (exact) mass is 278 g/mol. The fourth-order valence-corrected chi connectivity index (χ4v) is 3.17. The Hall–Kier alpha value is -2.59. The first-order valence-corrected chi connectivity index (χ1v) is 6.80. The number of fused-ring (bicyclic) bond motifs is 2. The van der Waals surface area contributed by atoms with Gasteiger partial charge in [-0.05, 0) is 12.1 Å². The molecule has 0 unspecified atom stereocenters. The summed E-state index contributed by atoms with van der Waals surface area (Å²) in [5.41, 5.74) is 2.37. The van der Waals surface area contributed by atoms with Crippen LogP contribution in [0.15, 0.2) is 54.7 Å². The van der Waals surface area contributed by atoms with Gasteiger partial charge in [-0.3, -0.25) is 4.79 Å². The predicted molar refractivity (Wildman–Crippen MR) is 81.2 cm³/mol. The Morgan fingerprint density at radius 3 is 2.62 bits per heavy atom. The number of nitrogens with one attached hydrogen (secondary N) is 2. The van der Waals surface area contributed by atoms with Crippen molar-refractivity contribution in [2.45, 2.75) is 5.60 Å². The van der Waals surface area contributed by atoms with E-state index in [1.54, 1.807) is 7.11 Å². The van der Waals surface area contributed by atoms with Crippen molar-refractivity contribution in [3.63, 3.8) is 0 Å². The van der Waals surface area contributed by atoms with E-state index in [0.29, 0.717) is 0 Å². The van der Waals surface area contributed by atoms with Gasteiger partial charge in [0, 0.05) is 41.0 Å². The number of H-pyrrole nitrogens is 1. The standard InChI is InChI=1S/C17H14N2O2/c1-21-17(12-7-3-5-9-15(12)19-16(17)20)13-10-18-14-8-4-2-6-11(13)14/h2-10,18H,1H3,(H,19,20)/t17-/m1/s1. The van der Waals surface area contributed by atoms with Gasteiger partial charge in [-0.1, -0.05) is 36.4 Å². The highest BCUT2D eigenvalue weighted by atomic mass is 16.5. The predicted octanol–water partition coefficient (Wildman–Crippen LogP) is 3.01. The van der Waals surface area contributed by atoms with E-state index < -0.39 is 5.60 Å². The lowest BCUT2D eigenvalue weighted by atomic mass is 9.87. The number of aromatic nitrogens is 1. The zero-order chi connectivity index (χ0) is 14.4. The number of amides is 1. The van der Waals surface area contributed by atoms with E-state index >= 15 is 0 Å². The van der Waals surface area contributed by atoms with E-state index in [-0.39, 0.29) is 5.91 Å². The van der Waals surface area contributed by atoms with Crippen LogP contribution in [0.25, 0.3) is 10.9 Å². The van der Waals surface area contributed by atoms with E-state index in [4.69, 9.17) is 4.74 Å². The average Bonchev–Trinajstić information content (AvgIpc) is 3.06. The number of benzene rings is 2. The maximum atomic E-state index is 12.7. The maximum absolute atomic E-state index is 12.7. The lowest BCUT2D eigenvalue weighted by Crippen LogP contribution is -2.37. The van der Waals surface area contributed by atoms with Gasteiger partial charge in [-0.25, -0.2) is 0 Å². The SMILES string of the molecule is CO[C@]1(c2c[nH]c3ccccc23)C(=O)Nc2ccccc21. The van der Waals surface area contributed by atoms with Crippen molar-refractivity contribution in [1.82, 2.24) is 4.98 Å². The minimum atomic E-state index is -1.10. The number of aromatic amines is 1. The second-order valence-corrected chi connectivity index (χ2v) is 5.13. The van der Waals surface area contributed by atoms with Crippen LogP contribution in [0.1, 0.15) is 11.1 Å². The van der Waals surface area contributed by atoms with Crippen molar-refractivity contribution in [2.24, 2.45) is 0 Å². The zero-order valence-corrected chi connectivity index (χ0v) is 11.5. The number of para-hydroxylation sites is 2. The molecule has 21 heavy (non-hydrogen) atoms. The van der Waals surface area contributed by atoms with E-state index in [0.717, 1.165) is 27.7 Å². The summed E-state index contributed by atoms with van der Waals surface area (Å²) in [6, 6.07) is 15.5. The van der Waals surface area contributed by atoms with E-state index in [1.165, 1.54) is 0 Å². The fourth-order valence-electron chi connectivity index (χ4n) is 3.17. The smallest absolute Gasteiger partial charge is 0.266 e. The summed E-state index contributed by atoms with van der Waals surface area (Å²) in [6.07, 6.45) is 1.86. The molecule has 4 rings (SSSR count). The van der Waals surface area contributed by atoms with Crippen LogP contribution in [0.2, 0.25) is 0 Å². The van der Waals surface area contributed by atoms with Crippen LogP contribution >= 0.6 is 0 Å². The Labute approximate surface area is 121 Å². The average molecular weight is 278 g/mol. The van der Waals surface area contributed by atoms with Gasteiger partial charge < -0.3 is 15.0 Å². The second kappa shape index (κ2) is 4.20. The number of hydrogen-bond donors (Lipinski definition) is 2. The summed E-state index contributed by atoms with van der Waals surface area (Å²) in [5, 5.41) is 3.91. The van der Waals surface area contributed by atoms with Crippen molar-refractivity contribution < 1.29 is 9.53 Å². The van der Waals surface area contributed by atoms with Gasteiger partial charge in [-0.15, -0.1) is 0 Å². The van der Waals surface area contributed by atoms with E-state index in [9.17, 15) is 4.79 Å². The van der Waals surface area contributed by atoms with Crippen LogP contribution in [0, 0.1) is 0 Å². The van der Waals surface area contributed by atoms with E-state index in [2.05, 4.69) is 10.3 Å². The molecule has 2 aromatic carbocycles. The molecule has 1 atom stereocenters. The molecule has 3 aromatic rings. The lowest BCUT2D eigenvalue weighted by molar-refractivity contribution is -0.132. The van der Waals surface area contributed by atoms with Crippen LogP contribution in [-0.2, 0) is 15.1 Å². The van der Waals surface area contributed by atoms with Crippen molar-refractivity contribution >= 4 is 22.5 Å². The van der Waals surface area contributed by atoms with Gasteiger partial charge in [-0.2, -0.15) is 0 Å². The molecule has 4 nitrogen and oxygen atoms in total. The molecule has 1 aromatic heterocycles. The number of ether oxygens (including phenoxy) is 1. The lowest BCUT2D eigenvalue weighted by Gasteiger charge is -2.25. The molecule has 0 saturated heterocycles. The Morgan fingerprint density at radius 1 is 1.00 bits per heavy atom. The minimum Gasteiger partial charge on any atom is -0.361 e. The van der Waals surface area contributed by atoms with Gasteiger partial charge in [0.1, 0.15) is 0 Å². The highest BCUT2D eigenvalue weighted by Gasteiger charge is 2.50. The number of carbonyl (C=O) groups is 1. The molecule has 0 saturated carbocycles. The minimum absolute atomic E-state index is 0.157. The molecule has 1 aliphatic rings. The first-order valence-electron chi connectivity index (χ1n) is 6.80. The molecule has 1 aliphatic heterocycles. The quantitative estimate of drug-likeness (QED) is 0.757. The molecular formula is C17H14N2O2. The molecule has 0 aliphatic carbocycles. The number of hydrogen-bond acceptors (Lipinski definition) is 2. The van der Waals surface area contributed by atoms with Crippen LogP contribution in [-0.4, -0.2) is 18.0 Å². The number of carbonyl (C=O) groups excluding carboxylic acids is 1. The number of rotatable bonds is 2. The molecule has 2 heterocycles. The van der Waals surface area contributed by atoms with Crippen LogP contribution in [0.5, 0.6) is 0 Å². The van der Waals surface area contributed by atoms with E-state index in [1.807, 2.05) is 54.7 Å². The summed E-state index contributed by atoms with van der Waals surface area (Å²) >= 11 is 0. The summed E-state index contributed by atoms with van der Waals surface area (Å²) in [5.74, 6) is -0.157. The number of methoxy groups -OCH3 is 1. The molecule has 0 fully saturated rings. The fraction of sp³-hybridized carbons (Fsp3) is 0.118. The highest BCUT2D eigenvalue weighted by Crippen LogP contribution is 2.45. The molecule has 0 bridgehead atoms. The molecule has 2 N–H and O–H groups in total. The molecule has 0 spiro atoms. The molecule has 104 valence electrons. The molecule has 1 amide bonds. The second-order valence-electron chi connectivity index (χ2n) is 5.13. The highest BCUT2D eigenvalue weighted by molar-refractivity contribution is 6.09. The Morgan fingerprint density at radius 2 is 1.76 bits per heavy atom. The summed E-state index contributed by atoms with van der Waals surface area (Å²) < 4.78 is 5.76. The molecule has 4 heteroatoms. The maximum Gasteiger partial charge on any atom is 0.266 e. The number of anilines is 1. The van der Waals surface area contributed by atoms with Gasteiger partial charge in [0.25, 0.3) is 5.91 Å². The van der Waals surface area contributed by atoms with Crippen LogP contribution < -0.4 is 5.32 Å². The first-order chi connectivity index (χ1) is 10.3. The summed E-state index contributed by atoms with van der Waals surface area (Å²) in [4.78, 5) is 15.9. The van der Waals surface area contributed by atoms with Gasteiger partial charge in [0.15, 0.2) is 0 Å². The van der Waals surface area contributed by atoms with Crippen molar-refractivity contribution in [1.29, 1.82) is 0 Å².